The van der Waals surface area contributed by atoms with Crippen molar-refractivity contribution < 1.29 is 28.2 Å². The Morgan fingerprint density at radius 1 is 1.30 bits per heavy atom. The molecule has 0 aromatic rings. The van der Waals surface area contributed by atoms with E-state index < -0.39 is 28.7 Å². The number of Topliss-reactive ketones (excluding diaryl/α,β-unsaturated/α-hetero) is 1. The molecule has 30 heavy (non-hydrogen) atoms. The lowest BCUT2D eigenvalue weighted by Crippen LogP contribution is -2.65. The van der Waals surface area contributed by atoms with E-state index in [0.717, 1.165) is 0 Å². The number of methoxy groups -OCH3 is 1. The van der Waals surface area contributed by atoms with Crippen LogP contribution in [0.5, 0.6) is 0 Å². The number of amides is 1. The summed E-state index contributed by atoms with van der Waals surface area (Å²) in [6.07, 6.45) is 2.37. The van der Waals surface area contributed by atoms with Gasteiger partial charge in [-0.25, -0.2) is 15.2 Å². The van der Waals surface area contributed by atoms with Gasteiger partial charge in [0.2, 0.25) is 5.91 Å². The van der Waals surface area contributed by atoms with Gasteiger partial charge in [0.15, 0.2) is 0 Å². The van der Waals surface area contributed by atoms with E-state index in [0.29, 0.717) is 51.6 Å². The molecule has 2 bridgehead atoms. The van der Waals surface area contributed by atoms with Gasteiger partial charge in [-0.15, -0.1) is 11.6 Å². The molecule has 5 unspecified atom stereocenters. The summed E-state index contributed by atoms with van der Waals surface area (Å²) >= 11 is 5.90. The van der Waals surface area contributed by atoms with Crippen LogP contribution in [-0.2, 0) is 23.8 Å². The Labute approximate surface area is 180 Å². The first-order valence-electron chi connectivity index (χ1n) is 10.8. The van der Waals surface area contributed by atoms with Crippen molar-refractivity contribution in [2.24, 2.45) is 5.41 Å². The summed E-state index contributed by atoms with van der Waals surface area (Å²) in [4.78, 5) is 25.6. The lowest BCUT2D eigenvalue weighted by Gasteiger charge is -2.53. The maximum absolute atomic E-state index is 13.7. The van der Waals surface area contributed by atoms with E-state index in [4.69, 9.17) is 25.8 Å². The lowest BCUT2D eigenvalue weighted by molar-refractivity contribution is -0.160. The fourth-order valence-corrected chi connectivity index (χ4v) is 5.54. The molecule has 1 heterocycles. The quantitative estimate of drug-likeness (QED) is 0.506. The van der Waals surface area contributed by atoms with Crippen molar-refractivity contribution in [3.05, 3.63) is 0 Å². The highest BCUT2D eigenvalue weighted by Crippen LogP contribution is 2.52. The second-order valence-electron chi connectivity index (χ2n) is 9.11. The third-order valence-corrected chi connectivity index (χ3v) is 7.64. The Morgan fingerprint density at radius 2 is 2.07 bits per heavy atom. The Balaban J connectivity index is 1.28. The molecule has 10 heteroatoms. The number of nitrogens with one attached hydrogen (secondary N) is 3. The van der Waals surface area contributed by atoms with Gasteiger partial charge < -0.3 is 19.5 Å². The van der Waals surface area contributed by atoms with Crippen molar-refractivity contribution in [3.63, 3.8) is 0 Å². The van der Waals surface area contributed by atoms with E-state index in [1.165, 1.54) is 0 Å². The minimum Gasteiger partial charge on any atom is -0.381 e. The highest BCUT2D eigenvalue weighted by atomic mass is 35.5. The number of carbonyl (C=O) groups excluding carboxylic acids is 2. The van der Waals surface area contributed by atoms with Crippen LogP contribution in [0.15, 0.2) is 0 Å². The Morgan fingerprint density at radius 3 is 2.73 bits per heavy atom. The van der Waals surface area contributed by atoms with Gasteiger partial charge in [0.1, 0.15) is 31.0 Å². The molecule has 0 radical (unpaired) electrons. The predicted molar refractivity (Wildman–Crippen MR) is 106 cm³/mol. The summed E-state index contributed by atoms with van der Waals surface area (Å²) in [5.41, 5.74) is 5.04. The van der Waals surface area contributed by atoms with E-state index >= 15 is 0 Å². The molecule has 170 valence electrons. The molecule has 4 aliphatic carbocycles. The van der Waals surface area contributed by atoms with Gasteiger partial charge in [-0.05, 0) is 38.5 Å². The van der Waals surface area contributed by atoms with E-state index in [-0.39, 0.29) is 37.0 Å². The molecule has 0 aromatic heterocycles. The van der Waals surface area contributed by atoms with Crippen LogP contribution in [-0.4, -0.2) is 67.7 Å². The normalized spacial score (nSPS) is 43.7. The third kappa shape index (κ3) is 4.38. The average molecular weight is 448 g/mol. The van der Waals surface area contributed by atoms with Crippen molar-refractivity contribution in [1.29, 1.82) is 0 Å². The summed E-state index contributed by atoms with van der Waals surface area (Å²) in [7, 11) is 1.60. The lowest BCUT2D eigenvalue weighted by atomic mass is 9.55. The van der Waals surface area contributed by atoms with Crippen LogP contribution in [0, 0.1) is 5.41 Å². The van der Waals surface area contributed by atoms with Crippen LogP contribution < -0.4 is 16.2 Å². The maximum Gasteiger partial charge on any atom is 0.246 e. The third-order valence-electron chi connectivity index (χ3n) is 7.15. The molecule has 5 atom stereocenters. The molecule has 3 N–H and O–H groups in total. The van der Waals surface area contributed by atoms with Crippen LogP contribution in [0.1, 0.15) is 51.4 Å². The van der Waals surface area contributed by atoms with Gasteiger partial charge in [-0.2, -0.15) is 0 Å². The molecular weight excluding hydrogens is 417 g/mol. The van der Waals surface area contributed by atoms with Gasteiger partial charge in [0, 0.05) is 25.5 Å². The summed E-state index contributed by atoms with van der Waals surface area (Å²) in [6.45, 7) is 0.269. The molecular formula is C20H31ClFN3O5. The van der Waals surface area contributed by atoms with E-state index in [1.54, 1.807) is 7.11 Å². The van der Waals surface area contributed by atoms with Gasteiger partial charge in [0.05, 0.1) is 23.5 Å². The van der Waals surface area contributed by atoms with Gasteiger partial charge >= 0.3 is 0 Å². The Kier molecular flexibility index (Phi) is 6.67. The molecule has 8 nitrogen and oxygen atoms in total. The maximum atomic E-state index is 13.7. The molecule has 5 fully saturated rings. The summed E-state index contributed by atoms with van der Waals surface area (Å²) in [5.74, 6) is -0.142. The number of hydrazine groups is 1. The minimum absolute atomic E-state index is 0.110. The number of alkyl halides is 2. The van der Waals surface area contributed by atoms with Crippen LogP contribution in [0.3, 0.4) is 0 Å². The van der Waals surface area contributed by atoms with Crippen molar-refractivity contribution in [2.75, 3.05) is 20.3 Å². The first-order chi connectivity index (χ1) is 14.4. The molecule has 1 aliphatic heterocycles. The minimum atomic E-state index is -1.10. The van der Waals surface area contributed by atoms with E-state index in [2.05, 4.69) is 16.2 Å². The first kappa shape index (κ1) is 22.4. The molecule has 1 saturated heterocycles. The van der Waals surface area contributed by atoms with E-state index in [9.17, 15) is 14.0 Å². The van der Waals surface area contributed by atoms with Crippen LogP contribution in [0.25, 0.3) is 0 Å². The fourth-order valence-electron chi connectivity index (χ4n) is 5.31. The Bertz CT molecular complexity index is 660. The van der Waals surface area contributed by atoms with Gasteiger partial charge in [-0.1, -0.05) is 0 Å². The van der Waals surface area contributed by atoms with Gasteiger partial charge in [0.25, 0.3) is 0 Å². The van der Waals surface area contributed by atoms with Crippen molar-refractivity contribution in [1.82, 2.24) is 16.2 Å². The van der Waals surface area contributed by atoms with Crippen LogP contribution >= 0.6 is 11.6 Å². The smallest absolute Gasteiger partial charge is 0.246 e. The predicted octanol–water partition coefficient (Wildman–Crippen LogP) is 1.31. The summed E-state index contributed by atoms with van der Waals surface area (Å²) in [6, 6.07) is 0. The first-order valence-corrected chi connectivity index (χ1v) is 11.2. The Hall–Kier alpha value is -0.840. The molecule has 0 spiro atoms. The molecule has 4 saturated carbocycles. The van der Waals surface area contributed by atoms with Crippen LogP contribution in [0.2, 0.25) is 0 Å². The monoisotopic (exact) mass is 447 g/mol. The molecule has 1 amide bonds. The topological polar surface area (TPSA) is 97.9 Å². The highest BCUT2D eigenvalue weighted by molar-refractivity contribution is 6.21. The van der Waals surface area contributed by atoms with Gasteiger partial charge in [-0.3, -0.25) is 9.59 Å². The average Bonchev–Trinajstić information content (AvgIpc) is 3.19. The largest absolute Gasteiger partial charge is 0.381 e. The number of halogens is 2. The highest BCUT2D eigenvalue weighted by Gasteiger charge is 2.59. The number of ether oxygens (including phenoxy) is 3. The number of ketones is 1. The zero-order valence-corrected chi connectivity index (χ0v) is 18.0. The van der Waals surface area contributed by atoms with Crippen LogP contribution in [0.4, 0.5) is 4.39 Å². The van der Waals surface area contributed by atoms with E-state index in [1.807, 2.05) is 0 Å². The van der Waals surface area contributed by atoms with Crippen molar-refractivity contribution in [2.45, 2.75) is 87.0 Å². The molecule has 5 rings (SSSR count). The second kappa shape index (κ2) is 8.96. The summed E-state index contributed by atoms with van der Waals surface area (Å²) < 4.78 is 30.4. The zero-order chi connectivity index (χ0) is 21.4. The van der Waals surface area contributed by atoms with Crippen molar-refractivity contribution in [3.8, 4) is 0 Å². The molecule has 0 aromatic carbocycles. The zero-order valence-electron chi connectivity index (χ0n) is 17.3. The number of carbonyl (C=O) groups is 2. The number of hydrogen-bond donors (Lipinski definition) is 3. The molecule has 5 aliphatic rings. The summed E-state index contributed by atoms with van der Waals surface area (Å²) in [5, 5.41) is 2.58. The standard InChI is InChI=1S/C20H31ClFN3O5/c1-28-11-17-24-25-18(30-17)20-6-4-19(5-7-20,9-15(20)26)23-16(27)10-29-12-2-3-13(21)14(22)8-12/h12-14,17-18,24-25H,2-11H2,1H3,(H,23,27). The number of hydrogen-bond acceptors (Lipinski definition) is 7. The fraction of sp³-hybridized carbons (Fsp3) is 0.900. The second-order valence-corrected chi connectivity index (χ2v) is 9.67. The SMILES string of the molecule is COCC1NNC(C23CCC(NC(=O)COC4CCC(Cl)C(F)C4)(CC2)CC3=O)O1. The van der Waals surface area contributed by atoms with Crippen molar-refractivity contribution >= 4 is 23.3 Å². The number of rotatable bonds is 7. The number of fused-ring (bicyclic) bond motifs is 3.